The van der Waals surface area contributed by atoms with Gasteiger partial charge < -0.3 is 14.5 Å². The molecule has 0 N–H and O–H groups in total. The van der Waals surface area contributed by atoms with E-state index >= 15 is 0 Å². The topological polar surface area (TPSA) is 58.6 Å². The van der Waals surface area contributed by atoms with Gasteiger partial charge in [-0.2, -0.15) is 13.2 Å². The molecule has 1 fully saturated rings. The standard InChI is InChI=1S/C23H21F3N4O2/c1-29-11-13-30(14-12-29)22(31)20-4-2-3-19(28-20)16-5-8-18(9-6-16)32-21-10-7-17(15-27-21)23(24,25)26/h2-10,15H,11-14H2,1H3. The van der Waals surface area contributed by atoms with E-state index in [9.17, 15) is 18.0 Å². The first-order valence-corrected chi connectivity index (χ1v) is 10.1. The van der Waals surface area contributed by atoms with Gasteiger partial charge in [0.1, 0.15) is 11.4 Å². The molecule has 1 amide bonds. The van der Waals surface area contributed by atoms with Crippen molar-refractivity contribution in [1.82, 2.24) is 19.8 Å². The second-order valence-electron chi connectivity index (χ2n) is 7.51. The number of likely N-dealkylation sites (N-methyl/N-ethyl adjacent to an activating group) is 1. The number of aromatic nitrogens is 2. The average molecular weight is 442 g/mol. The van der Waals surface area contributed by atoms with Crippen LogP contribution in [-0.4, -0.2) is 58.9 Å². The molecule has 0 saturated carbocycles. The number of piperazine rings is 1. The Labute approximate surface area is 183 Å². The molecule has 0 radical (unpaired) electrons. The minimum atomic E-state index is -4.44. The average Bonchev–Trinajstić information content (AvgIpc) is 2.79. The maximum absolute atomic E-state index is 12.8. The van der Waals surface area contributed by atoms with Crippen molar-refractivity contribution in [2.45, 2.75) is 6.18 Å². The quantitative estimate of drug-likeness (QED) is 0.602. The molecule has 0 spiro atoms. The van der Waals surface area contributed by atoms with Crippen LogP contribution in [0.4, 0.5) is 13.2 Å². The van der Waals surface area contributed by atoms with Gasteiger partial charge in [-0.1, -0.05) is 6.07 Å². The number of alkyl halides is 3. The van der Waals surface area contributed by atoms with Gasteiger partial charge in [-0.3, -0.25) is 4.79 Å². The summed E-state index contributed by atoms with van der Waals surface area (Å²) >= 11 is 0. The zero-order chi connectivity index (χ0) is 22.7. The first-order chi connectivity index (χ1) is 15.3. The van der Waals surface area contributed by atoms with E-state index in [-0.39, 0.29) is 11.8 Å². The fourth-order valence-electron chi connectivity index (χ4n) is 3.31. The minimum absolute atomic E-state index is 0.0589. The second kappa shape index (κ2) is 8.96. The number of benzene rings is 1. The van der Waals surface area contributed by atoms with Gasteiger partial charge in [0.2, 0.25) is 5.88 Å². The van der Waals surface area contributed by atoms with Crippen LogP contribution in [0.15, 0.2) is 60.8 Å². The lowest BCUT2D eigenvalue weighted by atomic mass is 10.1. The number of halogens is 3. The molecular formula is C23H21F3N4O2. The molecule has 166 valence electrons. The van der Waals surface area contributed by atoms with E-state index < -0.39 is 11.7 Å². The van der Waals surface area contributed by atoms with Crippen molar-refractivity contribution in [1.29, 1.82) is 0 Å². The molecule has 4 rings (SSSR count). The Morgan fingerprint density at radius 2 is 1.69 bits per heavy atom. The number of carbonyl (C=O) groups excluding carboxylic acids is 1. The van der Waals surface area contributed by atoms with Crippen LogP contribution in [0.3, 0.4) is 0 Å². The van der Waals surface area contributed by atoms with Crippen molar-refractivity contribution < 1.29 is 22.7 Å². The Hall–Kier alpha value is -3.46. The maximum Gasteiger partial charge on any atom is 0.417 e. The summed E-state index contributed by atoms with van der Waals surface area (Å²) in [7, 11) is 2.03. The van der Waals surface area contributed by atoms with Crippen LogP contribution in [0.2, 0.25) is 0 Å². The van der Waals surface area contributed by atoms with Crippen LogP contribution >= 0.6 is 0 Å². The van der Waals surface area contributed by atoms with Crippen molar-refractivity contribution in [2.75, 3.05) is 33.2 Å². The minimum Gasteiger partial charge on any atom is -0.439 e. The van der Waals surface area contributed by atoms with Gasteiger partial charge in [-0.15, -0.1) is 0 Å². The van der Waals surface area contributed by atoms with Gasteiger partial charge in [-0.25, -0.2) is 9.97 Å². The molecule has 0 aliphatic carbocycles. The highest BCUT2D eigenvalue weighted by molar-refractivity contribution is 5.93. The van der Waals surface area contributed by atoms with Gasteiger partial charge in [0.05, 0.1) is 11.3 Å². The van der Waals surface area contributed by atoms with Crippen LogP contribution in [0, 0.1) is 0 Å². The molecule has 3 heterocycles. The first kappa shape index (κ1) is 21.8. The SMILES string of the molecule is CN1CCN(C(=O)c2cccc(-c3ccc(Oc4ccc(C(F)(F)F)cn4)cc3)n2)CC1. The fourth-order valence-corrected chi connectivity index (χ4v) is 3.31. The lowest BCUT2D eigenvalue weighted by Crippen LogP contribution is -2.47. The molecule has 1 aliphatic rings. The first-order valence-electron chi connectivity index (χ1n) is 10.1. The summed E-state index contributed by atoms with van der Waals surface area (Å²) in [6.45, 7) is 3.01. The number of pyridine rings is 2. The predicted octanol–water partition coefficient (Wildman–Crippen LogP) is 4.34. The lowest BCUT2D eigenvalue weighted by molar-refractivity contribution is -0.137. The summed E-state index contributed by atoms with van der Waals surface area (Å²) < 4.78 is 43.4. The predicted molar refractivity (Wildman–Crippen MR) is 112 cm³/mol. The lowest BCUT2D eigenvalue weighted by Gasteiger charge is -2.32. The molecule has 9 heteroatoms. The Morgan fingerprint density at radius 3 is 2.31 bits per heavy atom. The molecule has 1 saturated heterocycles. The maximum atomic E-state index is 12.8. The van der Waals surface area contributed by atoms with E-state index in [1.165, 1.54) is 6.07 Å². The van der Waals surface area contributed by atoms with Crippen molar-refractivity contribution in [3.05, 3.63) is 72.1 Å². The molecule has 6 nitrogen and oxygen atoms in total. The van der Waals surface area contributed by atoms with Crippen LogP contribution in [0.25, 0.3) is 11.3 Å². The number of hydrogen-bond acceptors (Lipinski definition) is 5. The van der Waals surface area contributed by atoms with E-state index in [2.05, 4.69) is 14.9 Å². The van der Waals surface area contributed by atoms with E-state index in [1.54, 1.807) is 41.3 Å². The molecule has 32 heavy (non-hydrogen) atoms. The number of nitrogens with zero attached hydrogens (tertiary/aromatic N) is 4. The third-order valence-corrected chi connectivity index (χ3v) is 5.19. The summed E-state index contributed by atoms with van der Waals surface area (Å²) in [5.41, 5.74) is 0.980. The Bertz CT molecular complexity index is 1080. The highest BCUT2D eigenvalue weighted by Crippen LogP contribution is 2.30. The summed E-state index contributed by atoms with van der Waals surface area (Å²) in [6.07, 6.45) is -3.71. The summed E-state index contributed by atoms with van der Waals surface area (Å²) in [6, 6.07) is 14.3. The Morgan fingerprint density at radius 1 is 0.969 bits per heavy atom. The van der Waals surface area contributed by atoms with Crippen molar-refractivity contribution >= 4 is 5.91 Å². The number of rotatable bonds is 4. The Balaban J connectivity index is 1.45. The molecule has 2 aromatic heterocycles. The van der Waals surface area contributed by atoms with Gasteiger partial charge in [0.15, 0.2) is 0 Å². The van der Waals surface area contributed by atoms with E-state index in [1.807, 2.05) is 13.1 Å². The molecule has 0 bridgehead atoms. The largest absolute Gasteiger partial charge is 0.439 e. The highest BCUT2D eigenvalue weighted by Gasteiger charge is 2.30. The van der Waals surface area contributed by atoms with Crippen molar-refractivity contribution in [3.8, 4) is 22.9 Å². The smallest absolute Gasteiger partial charge is 0.417 e. The normalized spacial score (nSPS) is 14.9. The van der Waals surface area contributed by atoms with Gasteiger partial charge in [-0.05, 0) is 49.5 Å². The van der Waals surface area contributed by atoms with Crippen molar-refractivity contribution in [2.24, 2.45) is 0 Å². The fraction of sp³-hybridized carbons (Fsp3) is 0.261. The highest BCUT2D eigenvalue weighted by atomic mass is 19.4. The number of ether oxygens (including phenoxy) is 1. The number of carbonyl (C=O) groups is 1. The van der Waals surface area contributed by atoms with Crippen LogP contribution < -0.4 is 4.74 Å². The zero-order valence-corrected chi connectivity index (χ0v) is 17.3. The summed E-state index contributed by atoms with van der Waals surface area (Å²) in [5, 5.41) is 0. The van der Waals surface area contributed by atoms with Crippen LogP contribution in [0.5, 0.6) is 11.6 Å². The van der Waals surface area contributed by atoms with E-state index in [4.69, 9.17) is 4.74 Å². The molecule has 3 aromatic rings. The van der Waals surface area contributed by atoms with Crippen molar-refractivity contribution in [3.63, 3.8) is 0 Å². The molecule has 1 aliphatic heterocycles. The molecule has 0 atom stereocenters. The third kappa shape index (κ3) is 5.05. The van der Waals surface area contributed by atoms with E-state index in [0.29, 0.717) is 30.2 Å². The van der Waals surface area contributed by atoms with Crippen LogP contribution in [0.1, 0.15) is 16.1 Å². The van der Waals surface area contributed by atoms with Gasteiger partial charge in [0.25, 0.3) is 5.91 Å². The second-order valence-corrected chi connectivity index (χ2v) is 7.51. The van der Waals surface area contributed by atoms with E-state index in [0.717, 1.165) is 30.9 Å². The van der Waals surface area contributed by atoms with Gasteiger partial charge in [0, 0.05) is 44.0 Å². The summed E-state index contributed by atoms with van der Waals surface area (Å²) in [5.74, 6) is 0.391. The third-order valence-electron chi connectivity index (χ3n) is 5.19. The molecule has 0 unspecified atom stereocenters. The molecule has 1 aromatic carbocycles. The van der Waals surface area contributed by atoms with Gasteiger partial charge >= 0.3 is 6.18 Å². The Kier molecular flexibility index (Phi) is 6.09. The summed E-state index contributed by atoms with van der Waals surface area (Å²) in [4.78, 5) is 25.0. The van der Waals surface area contributed by atoms with Crippen LogP contribution in [-0.2, 0) is 6.18 Å². The zero-order valence-electron chi connectivity index (χ0n) is 17.3. The number of amides is 1. The number of hydrogen-bond donors (Lipinski definition) is 0. The monoisotopic (exact) mass is 442 g/mol. The molecular weight excluding hydrogens is 421 g/mol.